The highest BCUT2D eigenvalue weighted by Crippen LogP contribution is 2.54. The van der Waals surface area contributed by atoms with Crippen molar-refractivity contribution in [3.63, 3.8) is 0 Å². The predicted molar refractivity (Wildman–Crippen MR) is 171 cm³/mol. The average molecular weight is 798 g/mol. The highest BCUT2D eigenvalue weighted by Gasteiger charge is 2.79. The molecule has 288 valence electrons. The molecule has 0 N–H and O–H groups in total. The highest BCUT2D eigenvalue weighted by molar-refractivity contribution is 9.10. The van der Waals surface area contributed by atoms with Crippen LogP contribution in [0.15, 0.2) is 11.8 Å². The van der Waals surface area contributed by atoms with E-state index in [4.69, 9.17) is 56.8 Å². The molecule has 0 aromatic carbocycles. The third-order valence-electron chi connectivity index (χ3n) is 7.07. The lowest BCUT2D eigenvalue weighted by molar-refractivity contribution is -0.367. The summed E-state index contributed by atoms with van der Waals surface area (Å²) in [4.78, 5) is 76.9. The van der Waals surface area contributed by atoms with Gasteiger partial charge in [0.1, 0.15) is 34.3 Å². The fourth-order valence-corrected chi connectivity index (χ4v) is 6.22. The van der Waals surface area contributed by atoms with E-state index in [1.54, 1.807) is 62.3 Å². The minimum absolute atomic E-state index is 0.452. The van der Waals surface area contributed by atoms with Crippen molar-refractivity contribution in [2.24, 2.45) is 0 Å². The quantitative estimate of drug-likeness (QED) is 0.151. The number of hydrogen-bond donors (Lipinski definition) is 0. The van der Waals surface area contributed by atoms with E-state index < -0.39 is 112 Å². The van der Waals surface area contributed by atoms with Crippen molar-refractivity contribution in [1.29, 1.82) is 0 Å². The summed E-state index contributed by atoms with van der Waals surface area (Å²) in [5.74, 6) is -4.79. The number of halogens is 1. The van der Waals surface area contributed by atoms with Gasteiger partial charge in [-0.15, -0.1) is 0 Å². The molecule has 0 aromatic heterocycles. The number of methoxy groups -OCH3 is 2. The van der Waals surface area contributed by atoms with Gasteiger partial charge >= 0.3 is 30.6 Å². The second-order valence-corrected chi connectivity index (χ2v) is 15.5. The number of esters is 1. The van der Waals surface area contributed by atoms with Crippen LogP contribution >= 0.6 is 15.9 Å². The normalized spacial score (nSPS) is 30.7. The monoisotopic (exact) mass is 796 g/mol. The molecule has 0 saturated carbocycles. The Hall–Kier alpha value is -3.84. The summed E-state index contributed by atoms with van der Waals surface area (Å²) in [5.41, 5.74) is -5.73. The second-order valence-electron chi connectivity index (χ2n) is 14.6. The third kappa shape index (κ3) is 9.34. The molecule has 8 atom stereocenters. The third-order valence-corrected chi connectivity index (χ3v) is 8.12. The largest absolute Gasteiger partial charge is 0.510 e. The molecule has 1 spiro atoms. The van der Waals surface area contributed by atoms with Gasteiger partial charge < -0.3 is 56.8 Å². The summed E-state index contributed by atoms with van der Waals surface area (Å²) >= 11 is 3.21. The van der Waals surface area contributed by atoms with Crippen LogP contribution in [-0.4, -0.2) is 121 Å². The van der Waals surface area contributed by atoms with Gasteiger partial charge in [0.2, 0.25) is 0 Å². The number of alkyl halides is 1. The summed E-state index contributed by atoms with van der Waals surface area (Å²) < 4.78 is 67.3. The van der Waals surface area contributed by atoms with Crippen LogP contribution in [0.1, 0.15) is 69.2 Å². The van der Waals surface area contributed by atoms with E-state index in [9.17, 15) is 28.8 Å². The van der Waals surface area contributed by atoms with E-state index in [-0.39, 0.29) is 0 Å². The lowest BCUT2D eigenvalue weighted by Gasteiger charge is -2.58. The van der Waals surface area contributed by atoms with Gasteiger partial charge in [-0.05, 0) is 62.3 Å². The van der Waals surface area contributed by atoms with Crippen LogP contribution in [-0.2, 0) is 66.4 Å². The van der Waals surface area contributed by atoms with Crippen molar-refractivity contribution < 1.29 is 85.6 Å². The number of ketones is 1. The first-order chi connectivity index (χ1) is 23.3. The van der Waals surface area contributed by atoms with Crippen LogP contribution < -0.4 is 0 Å². The molecule has 1 aliphatic carbocycles. The standard InChI is InChI=1S/C32H45BrO18/c1-15(34)47-32(41-12)22(33)16(35)13-18(40-11)31(32)23-21(46-27(39)51-31)20(45-26(38)50-30(8,9)10)19(44-25(37)49-29(5,6)7)17(43-23)14-42-24(36)48-28(2,3)4/h13,17,19-23H,14H2,1-12H3/t17-,19-,20+,21-,22+,23-,31-,32-/m1/s1. The number of fused-ring (bicyclic) bond motifs is 2. The fraction of sp³-hybridized carbons (Fsp3) is 0.750. The second kappa shape index (κ2) is 15.0. The van der Waals surface area contributed by atoms with Crippen LogP contribution in [0.2, 0.25) is 0 Å². The van der Waals surface area contributed by atoms with Crippen molar-refractivity contribution in [3.05, 3.63) is 11.8 Å². The molecule has 0 amide bonds. The molecule has 2 saturated heterocycles. The first-order valence-corrected chi connectivity index (χ1v) is 16.6. The van der Waals surface area contributed by atoms with Crippen LogP contribution in [0.3, 0.4) is 0 Å². The number of allylic oxidation sites excluding steroid dienone is 1. The molecule has 3 rings (SSSR count). The minimum atomic E-state index is -2.59. The van der Waals surface area contributed by atoms with Gasteiger partial charge in [0.25, 0.3) is 11.4 Å². The van der Waals surface area contributed by atoms with Crippen molar-refractivity contribution in [2.75, 3.05) is 20.8 Å². The molecule has 0 unspecified atom stereocenters. The van der Waals surface area contributed by atoms with Crippen LogP contribution in [0.25, 0.3) is 0 Å². The van der Waals surface area contributed by atoms with E-state index >= 15 is 0 Å². The number of carbonyl (C=O) groups is 6. The minimum Gasteiger partial charge on any atom is -0.496 e. The molecule has 3 aliphatic rings. The number of ether oxygens (including phenoxy) is 12. The van der Waals surface area contributed by atoms with E-state index in [2.05, 4.69) is 15.9 Å². The summed E-state index contributed by atoms with van der Waals surface area (Å²) in [5, 5.41) is 0. The van der Waals surface area contributed by atoms with Crippen LogP contribution in [0.4, 0.5) is 19.2 Å². The van der Waals surface area contributed by atoms with Crippen molar-refractivity contribution >= 4 is 52.3 Å². The summed E-state index contributed by atoms with van der Waals surface area (Å²) in [6.45, 7) is 14.3. The van der Waals surface area contributed by atoms with Gasteiger partial charge in [-0.2, -0.15) is 0 Å². The number of rotatable bonds is 7. The Balaban J connectivity index is 2.32. The van der Waals surface area contributed by atoms with Crippen LogP contribution in [0.5, 0.6) is 0 Å². The van der Waals surface area contributed by atoms with Gasteiger partial charge in [0.05, 0.1) is 7.11 Å². The Bertz CT molecular complexity index is 1410. The van der Waals surface area contributed by atoms with Crippen molar-refractivity contribution in [3.8, 4) is 0 Å². The maximum Gasteiger partial charge on any atom is 0.510 e. The van der Waals surface area contributed by atoms with Crippen molar-refractivity contribution in [1.82, 2.24) is 0 Å². The smallest absolute Gasteiger partial charge is 0.496 e. The van der Waals surface area contributed by atoms with Gasteiger partial charge in [-0.25, -0.2) is 19.2 Å². The Morgan fingerprint density at radius 3 is 1.80 bits per heavy atom. The maximum absolute atomic E-state index is 13.5. The Kier molecular flexibility index (Phi) is 12.2. The van der Waals surface area contributed by atoms with E-state index in [0.29, 0.717) is 0 Å². The molecule has 2 fully saturated rings. The summed E-state index contributed by atoms with van der Waals surface area (Å²) in [7, 11) is 2.18. The zero-order valence-corrected chi connectivity index (χ0v) is 32.1. The lowest BCUT2D eigenvalue weighted by Crippen LogP contribution is -2.81. The molecule has 0 bridgehead atoms. The Labute approximate surface area is 303 Å². The highest BCUT2D eigenvalue weighted by atomic mass is 79.9. The summed E-state index contributed by atoms with van der Waals surface area (Å²) in [6, 6.07) is 0. The fourth-order valence-electron chi connectivity index (χ4n) is 5.47. The lowest BCUT2D eigenvalue weighted by atomic mass is 9.72. The maximum atomic E-state index is 13.5. The zero-order valence-electron chi connectivity index (χ0n) is 30.5. The van der Waals surface area contributed by atoms with E-state index in [0.717, 1.165) is 27.2 Å². The van der Waals surface area contributed by atoms with Crippen molar-refractivity contribution in [2.45, 2.75) is 133 Å². The molecular weight excluding hydrogens is 752 g/mol. The first-order valence-electron chi connectivity index (χ1n) is 15.7. The van der Waals surface area contributed by atoms with E-state index in [1.165, 1.54) is 0 Å². The zero-order chi connectivity index (χ0) is 38.9. The number of carbonyl (C=O) groups excluding carboxylic acids is 6. The van der Waals surface area contributed by atoms with Gasteiger partial charge in [-0.3, -0.25) is 9.59 Å². The van der Waals surface area contributed by atoms with E-state index in [1.807, 2.05) is 0 Å². The molecule has 2 aliphatic heterocycles. The predicted octanol–water partition coefficient (Wildman–Crippen LogP) is 4.40. The van der Waals surface area contributed by atoms with Gasteiger partial charge in [0, 0.05) is 20.1 Å². The van der Waals surface area contributed by atoms with Crippen LogP contribution in [0, 0.1) is 0 Å². The topological polar surface area (TPSA) is 213 Å². The molecule has 19 heteroatoms. The number of hydrogen-bond acceptors (Lipinski definition) is 18. The molecule has 0 radical (unpaired) electrons. The summed E-state index contributed by atoms with van der Waals surface area (Å²) in [6.07, 6.45) is -13.2. The Morgan fingerprint density at radius 1 is 0.824 bits per heavy atom. The van der Waals surface area contributed by atoms with Gasteiger partial charge in [0.15, 0.2) is 36.0 Å². The molecule has 18 nitrogen and oxygen atoms in total. The molecular formula is C32H45BrO18. The Morgan fingerprint density at radius 2 is 1.33 bits per heavy atom. The molecule has 2 heterocycles. The SMILES string of the molecule is COC1=CC(=O)[C@H](Br)[C@@](OC)(OC(C)=O)[C@@]12OC(=O)O[C@@H]1[C@@H](OC(=O)OC(C)(C)C)[C@H](OC(=O)OC(C)(C)C)[C@@H](COC(=O)OC(C)(C)C)O[C@H]12. The average Bonchev–Trinajstić information content (AvgIpc) is 2.94. The van der Waals surface area contributed by atoms with Gasteiger partial charge in [-0.1, -0.05) is 15.9 Å². The first kappa shape index (κ1) is 41.6. The molecule has 0 aromatic rings. The molecule has 51 heavy (non-hydrogen) atoms.